The Balaban J connectivity index is 0.00000256. The average Bonchev–Trinajstić information content (AvgIpc) is 3.25. The third kappa shape index (κ3) is 4.99. The van der Waals surface area contributed by atoms with Gasteiger partial charge in [0.1, 0.15) is 0 Å². The van der Waals surface area contributed by atoms with Gasteiger partial charge in [0.2, 0.25) is 0 Å². The van der Waals surface area contributed by atoms with E-state index in [1.54, 1.807) is 35.1 Å². The average molecular weight is 433 g/mol. The van der Waals surface area contributed by atoms with E-state index in [-0.39, 0.29) is 36.3 Å². The molecular weight excluding hydrogens is 404 g/mol. The molecule has 2 aliphatic rings. The molecule has 0 spiro atoms. The first-order valence-electron chi connectivity index (χ1n) is 10.5. The minimum Gasteiger partial charge on any atom is -0.336 e. The molecule has 2 aromatic rings. The highest BCUT2D eigenvalue weighted by molar-refractivity contribution is 6.03. The monoisotopic (exact) mass is 432 g/mol. The van der Waals surface area contributed by atoms with Crippen LogP contribution in [0.3, 0.4) is 0 Å². The fourth-order valence-corrected chi connectivity index (χ4v) is 4.09. The Bertz CT molecular complexity index is 863. The summed E-state index contributed by atoms with van der Waals surface area (Å²) in [6, 6.07) is 7.62. The van der Waals surface area contributed by atoms with Crippen LogP contribution in [0.25, 0.3) is 0 Å². The molecule has 2 aliphatic heterocycles. The summed E-state index contributed by atoms with van der Waals surface area (Å²) in [7, 11) is 0. The van der Waals surface area contributed by atoms with E-state index >= 15 is 0 Å². The Hall–Kier alpha value is -2.45. The second-order valence-corrected chi connectivity index (χ2v) is 7.94. The minimum absolute atomic E-state index is 0. The van der Waals surface area contributed by atoms with Crippen molar-refractivity contribution in [2.24, 2.45) is 0 Å². The molecule has 2 amide bonds. The number of hydrogen-bond donors (Lipinski definition) is 2. The summed E-state index contributed by atoms with van der Waals surface area (Å²) in [5.41, 5.74) is 1.58. The van der Waals surface area contributed by atoms with Crippen LogP contribution in [0.1, 0.15) is 65.9 Å². The lowest BCUT2D eigenvalue weighted by Gasteiger charge is -2.33. The van der Waals surface area contributed by atoms with Crippen molar-refractivity contribution in [3.8, 4) is 0 Å². The normalized spacial score (nSPS) is 19.8. The van der Waals surface area contributed by atoms with E-state index in [0.29, 0.717) is 16.9 Å². The Morgan fingerprint density at radius 2 is 1.83 bits per heavy atom. The summed E-state index contributed by atoms with van der Waals surface area (Å²) in [6.45, 7) is 4.81. The van der Waals surface area contributed by atoms with E-state index in [1.165, 1.54) is 6.42 Å². The van der Waals surface area contributed by atoms with Crippen molar-refractivity contribution in [3.63, 3.8) is 0 Å². The maximum Gasteiger partial charge on any atom is 0.277 e. The van der Waals surface area contributed by atoms with E-state index in [4.69, 9.17) is 0 Å². The molecule has 1 atom stereocenters. The highest BCUT2D eigenvalue weighted by Gasteiger charge is 2.24. The Labute approximate surface area is 182 Å². The second-order valence-electron chi connectivity index (χ2n) is 7.94. The van der Waals surface area contributed by atoms with Gasteiger partial charge >= 0.3 is 0 Å². The number of carbonyl (C=O) groups is 2. The molecule has 0 saturated carbocycles. The zero-order valence-corrected chi connectivity index (χ0v) is 18.0. The highest BCUT2D eigenvalue weighted by Crippen LogP contribution is 2.21. The number of benzene rings is 1. The highest BCUT2D eigenvalue weighted by atomic mass is 35.5. The molecule has 0 bridgehead atoms. The van der Waals surface area contributed by atoms with Crippen LogP contribution in [-0.4, -0.2) is 57.4 Å². The predicted octanol–water partition coefficient (Wildman–Crippen LogP) is 2.89. The number of halogens is 1. The molecule has 3 heterocycles. The first kappa shape index (κ1) is 22.2. The smallest absolute Gasteiger partial charge is 0.277 e. The van der Waals surface area contributed by atoms with Crippen molar-refractivity contribution >= 4 is 29.9 Å². The van der Waals surface area contributed by atoms with Crippen LogP contribution < -0.4 is 10.6 Å². The van der Waals surface area contributed by atoms with Crippen molar-refractivity contribution in [1.82, 2.24) is 25.2 Å². The largest absolute Gasteiger partial charge is 0.336 e. The number of carbonyl (C=O) groups excluding carboxylic acids is 2. The molecule has 2 fully saturated rings. The summed E-state index contributed by atoms with van der Waals surface area (Å²) >= 11 is 0. The van der Waals surface area contributed by atoms with Crippen molar-refractivity contribution in [3.05, 3.63) is 41.7 Å². The number of piperidine rings is 2. The molecule has 30 heavy (non-hydrogen) atoms. The van der Waals surface area contributed by atoms with Crippen molar-refractivity contribution < 1.29 is 9.59 Å². The fraction of sp³-hybridized carbons (Fsp3) is 0.524. The molecule has 4 rings (SSSR count). The maximum atomic E-state index is 12.7. The van der Waals surface area contributed by atoms with Crippen LogP contribution in [0.15, 0.2) is 30.5 Å². The lowest BCUT2D eigenvalue weighted by molar-refractivity contribution is 0.0635. The van der Waals surface area contributed by atoms with Crippen LogP contribution in [0.2, 0.25) is 0 Å². The van der Waals surface area contributed by atoms with Gasteiger partial charge in [-0.2, -0.15) is 0 Å². The van der Waals surface area contributed by atoms with Crippen LogP contribution in [0, 0.1) is 0 Å². The van der Waals surface area contributed by atoms with Crippen molar-refractivity contribution in [2.45, 2.75) is 51.1 Å². The van der Waals surface area contributed by atoms with Gasteiger partial charge in [-0.3, -0.25) is 9.59 Å². The number of hydrogen-bond acceptors (Lipinski definition) is 5. The van der Waals surface area contributed by atoms with E-state index in [1.807, 2.05) is 4.90 Å². The summed E-state index contributed by atoms with van der Waals surface area (Å²) < 4.78 is 1.79. The topological polar surface area (TPSA) is 92.2 Å². The zero-order chi connectivity index (χ0) is 20.2. The molecule has 2 saturated heterocycles. The summed E-state index contributed by atoms with van der Waals surface area (Å²) in [4.78, 5) is 27.2. The number of rotatable bonds is 4. The number of aromatic nitrogens is 3. The molecule has 0 aliphatic carbocycles. The number of likely N-dealkylation sites (tertiary alicyclic amines) is 1. The van der Waals surface area contributed by atoms with Crippen LogP contribution >= 0.6 is 12.4 Å². The number of nitrogens with one attached hydrogen (secondary N) is 2. The maximum absolute atomic E-state index is 12.7. The molecule has 162 valence electrons. The molecule has 1 aromatic heterocycles. The van der Waals surface area contributed by atoms with Gasteiger partial charge in [0.15, 0.2) is 5.69 Å². The molecule has 0 radical (unpaired) electrons. The molecular formula is C21H29ClN6O2. The van der Waals surface area contributed by atoms with Gasteiger partial charge in [-0.05, 0) is 76.4 Å². The molecule has 9 heteroatoms. The quantitative estimate of drug-likeness (QED) is 0.775. The van der Waals surface area contributed by atoms with Crippen LogP contribution in [0.5, 0.6) is 0 Å². The van der Waals surface area contributed by atoms with Crippen molar-refractivity contribution in [2.75, 3.05) is 25.0 Å². The van der Waals surface area contributed by atoms with E-state index in [2.05, 4.69) is 27.9 Å². The lowest BCUT2D eigenvalue weighted by Crippen LogP contribution is -2.42. The van der Waals surface area contributed by atoms with Gasteiger partial charge in [0, 0.05) is 23.8 Å². The molecule has 2 N–H and O–H groups in total. The fourth-order valence-electron chi connectivity index (χ4n) is 4.09. The third-order valence-electron chi connectivity index (χ3n) is 5.88. The zero-order valence-electron chi connectivity index (χ0n) is 17.2. The first-order valence-corrected chi connectivity index (χ1v) is 10.5. The molecule has 1 aromatic carbocycles. The van der Waals surface area contributed by atoms with Crippen molar-refractivity contribution in [1.29, 1.82) is 0 Å². The number of nitrogens with zero attached hydrogens (tertiary/aromatic N) is 4. The molecule has 1 unspecified atom stereocenters. The van der Waals surface area contributed by atoms with Crippen LogP contribution in [0.4, 0.5) is 5.69 Å². The van der Waals surface area contributed by atoms with E-state index < -0.39 is 0 Å². The Kier molecular flexibility index (Phi) is 7.44. The summed E-state index contributed by atoms with van der Waals surface area (Å²) in [5, 5.41) is 14.3. The van der Waals surface area contributed by atoms with E-state index in [9.17, 15) is 9.59 Å². The lowest BCUT2D eigenvalue weighted by atomic mass is 10.0. The minimum atomic E-state index is -0.297. The van der Waals surface area contributed by atoms with Gasteiger partial charge in [-0.25, -0.2) is 4.68 Å². The van der Waals surface area contributed by atoms with Gasteiger partial charge < -0.3 is 15.5 Å². The Morgan fingerprint density at radius 3 is 2.53 bits per heavy atom. The Morgan fingerprint density at radius 1 is 1.10 bits per heavy atom. The molecule has 8 nitrogen and oxygen atoms in total. The SMILES string of the molecule is CC1CCCCN1C(=O)c1ccc(NC(=O)c2cn(C3CCNCC3)nn2)cc1.Cl. The van der Waals surface area contributed by atoms with Gasteiger partial charge in [0.05, 0.1) is 12.2 Å². The van der Waals surface area contributed by atoms with Gasteiger partial charge in [0.25, 0.3) is 11.8 Å². The first-order chi connectivity index (χ1) is 14.1. The third-order valence-corrected chi connectivity index (χ3v) is 5.88. The summed E-state index contributed by atoms with van der Waals surface area (Å²) in [6.07, 6.45) is 6.96. The second kappa shape index (κ2) is 10.0. The number of anilines is 1. The number of amides is 2. The van der Waals surface area contributed by atoms with E-state index in [0.717, 1.165) is 45.3 Å². The van der Waals surface area contributed by atoms with Gasteiger partial charge in [-0.1, -0.05) is 5.21 Å². The predicted molar refractivity (Wildman–Crippen MR) is 117 cm³/mol. The standard InChI is InChI=1S/C21H28N6O2.ClH/c1-15-4-2-3-13-26(15)21(29)16-5-7-17(8-6-16)23-20(28)19-14-27(25-24-19)18-9-11-22-12-10-18;/h5-8,14-15,18,22H,2-4,9-13H2,1H3,(H,23,28);1H. The van der Waals surface area contributed by atoms with Gasteiger partial charge in [-0.15, -0.1) is 17.5 Å². The summed E-state index contributed by atoms with van der Waals surface area (Å²) in [5.74, 6) is -0.242. The van der Waals surface area contributed by atoms with Crippen LogP contribution in [-0.2, 0) is 0 Å².